The number of amides is 1. The van der Waals surface area contributed by atoms with E-state index in [-0.39, 0.29) is 11.4 Å². The van der Waals surface area contributed by atoms with Crippen molar-refractivity contribution in [1.29, 1.82) is 0 Å². The summed E-state index contributed by atoms with van der Waals surface area (Å²) in [4.78, 5) is 12.4. The number of hydrogen-bond donors (Lipinski definition) is 0. The van der Waals surface area contributed by atoms with Gasteiger partial charge in [0.05, 0.1) is 17.7 Å². The number of nitrogens with zero attached hydrogens (tertiary/aromatic N) is 2. The minimum absolute atomic E-state index is 0.0692. The Bertz CT molecular complexity index is 690. The lowest BCUT2D eigenvalue weighted by molar-refractivity contribution is -0.133. The molecule has 112 valence electrons. The summed E-state index contributed by atoms with van der Waals surface area (Å²) in [5.41, 5.74) is 2.75. The highest BCUT2D eigenvalue weighted by Crippen LogP contribution is 2.27. The Hall–Kier alpha value is -2.42. The zero-order chi connectivity index (χ0) is 15.6. The molecule has 0 aliphatic carbocycles. The molecule has 0 spiro atoms. The fraction of sp³-hybridized carbons (Fsp3) is 0.263. The Balaban J connectivity index is 1.84. The first-order chi connectivity index (χ1) is 10.6. The van der Waals surface area contributed by atoms with Crippen molar-refractivity contribution in [3.8, 4) is 0 Å². The zero-order valence-corrected chi connectivity index (χ0v) is 13.0. The van der Waals surface area contributed by atoms with Crippen molar-refractivity contribution in [3.63, 3.8) is 0 Å². The molecule has 0 saturated carbocycles. The second-order valence-electron chi connectivity index (χ2n) is 6.27. The van der Waals surface area contributed by atoms with Gasteiger partial charge in [0.2, 0.25) is 5.91 Å². The van der Waals surface area contributed by atoms with Gasteiger partial charge in [-0.2, -0.15) is 5.10 Å². The number of carbonyl (C=O) groups excluding carboxylic acids is 1. The standard InChI is InChI=1S/C19H20N2O/c1-19(2,14-15-9-5-3-6-10-15)21-18(22)13-17(20-21)16-11-7-4-8-12-16/h3-12H,13-14H2,1-2H3. The lowest BCUT2D eigenvalue weighted by Gasteiger charge is -2.32. The van der Waals surface area contributed by atoms with Crippen LogP contribution >= 0.6 is 0 Å². The van der Waals surface area contributed by atoms with Gasteiger partial charge in [-0.05, 0) is 31.4 Å². The van der Waals surface area contributed by atoms with E-state index in [0.717, 1.165) is 17.7 Å². The minimum Gasteiger partial charge on any atom is -0.272 e. The molecule has 3 nitrogen and oxygen atoms in total. The molecule has 0 N–H and O–H groups in total. The fourth-order valence-corrected chi connectivity index (χ4v) is 2.86. The van der Waals surface area contributed by atoms with Gasteiger partial charge in [0.25, 0.3) is 0 Å². The fourth-order valence-electron chi connectivity index (χ4n) is 2.86. The van der Waals surface area contributed by atoms with Gasteiger partial charge in [0, 0.05) is 0 Å². The third-order valence-corrected chi connectivity index (χ3v) is 3.94. The first-order valence-electron chi connectivity index (χ1n) is 7.56. The molecular formula is C19H20N2O. The molecule has 22 heavy (non-hydrogen) atoms. The van der Waals surface area contributed by atoms with Gasteiger partial charge >= 0.3 is 0 Å². The van der Waals surface area contributed by atoms with Crippen LogP contribution in [0.1, 0.15) is 31.4 Å². The van der Waals surface area contributed by atoms with E-state index in [1.807, 2.05) is 48.5 Å². The Labute approximate surface area is 131 Å². The van der Waals surface area contributed by atoms with Gasteiger partial charge in [-0.15, -0.1) is 0 Å². The molecular weight excluding hydrogens is 272 g/mol. The highest BCUT2D eigenvalue weighted by Gasteiger charge is 2.36. The molecule has 0 aromatic heterocycles. The van der Waals surface area contributed by atoms with E-state index < -0.39 is 0 Å². The van der Waals surface area contributed by atoms with Gasteiger partial charge in [0.15, 0.2) is 0 Å². The number of hydrazone groups is 1. The van der Waals surface area contributed by atoms with E-state index >= 15 is 0 Å². The van der Waals surface area contributed by atoms with Crippen LogP contribution in [0.25, 0.3) is 0 Å². The van der Waals surface area contributed by atoms with Crippen LogP contribution in [0.2, 0.25) is 0 Å². The molecule has 0 unspecified atom stereocenters. The second kappa shape index (κ2) is 5.76. The van der Waals surface area contributed by atoms with Crippen LogP contribution in [0.5, 0.6) is 0 Å². The third-order valence-electron chi connectivity index (χ3n) is 3.94. The molecule has 0 atom stereocenters. The smallest absolute Gasteiger partial charge is 0.249 e. The maximum absolute atomic E-state index is 12.4. The van der Waals surface area contributed by atoms with Crippen molar-refractivity contribution in [2.75, 3.05) is 0 Å². The maximum atomic E-state index is 12.4. The van der Waals surface area contributed by atoms with Crippen molar-refractivity contribution in [3.05, 3.63) is 71.8 Å². The molecule has 1 aliphatic heterocycles. The molecule has 1 amide bonds. The van der Waals surface area contributed by atoms with E-state index in [2.05, 4.69) is 31.1 Å². The van der Waals surface area contributed by atoms with E-state index in [9.17, 15) is 4.79 Å². The molecule has 1 heterocycles. The second-order valence-corrected chi connectivity index (χ2v) is 6.27. The SMILES string of the molecule is CC(C)(Cc1ccccc1)N1N=C(c2ccccc2)CC1=O. The zero-order valence-electron chi connectivity index (χ0n) is 13.0. The van der Waals surface area contributed by atoms with Gasteiger partial charge in [-0.25, -0.2) is 5.01 Å². The molecule has 2 aromatic rings. The third kappa shape index (κ3) is 2.93. The maximum Gasteiger partial charge on any atom is 0.249 e. The van der Waals surface area contributed by atoms with Crippen LogP contribution in [-0.2, 0) is 11.2 Å². The topological polar surface area (TPSA) is 32.7 Å². The normalized spacial score (nSPS) is 15.1. The van der Waals surface area contributed by atoms with E-state index in [0.29, 0.717) is 6.42 Å². The van der Waals surface area contributed by atoms with E-state index in [1.165, 1.54) is 5.56 Å². The summed E-state index contributed by atoms with van der Waals surface area (Å²) in [5, 5.41) is 6.26. The Kier molecular flexibility index (Phi) is 3.80. The van der Waals surface area contributed by atoms with Crippen LogP contribution in [0.15, 0.2) is 65.8 Å². The van der Waals surface area contributed by atoms with E-state index in [4.69, 9.17) is 0 Å². The van der Waals surface area contributed by atoms with Crippen LogP contribution in [-0.4, -0.2) is 22.2 Å². The van der Waals surface area contributed by atoms with Gasteiger partial charge < -0.3 is 0 Å². The van der Waals surface area contributed by atoms with Gasteiger partial charge in [-0.1, -0.05) is 60.7 Å². The highest BCUT2D eigenvalue weighted by molar-refractivity contribution is 6.13. The predicted octanol–water partition coefficient (Wildman–Crippen LogP) is 3.64. The van der Waals surface area contributed by atoms with Crippen molar-refractivity contribution < 1.29 is 4.79 Å². The summed E-state index contributed by atoms with van der Waals surface area (Å²) in [7, 11) is 0. The molecule has 1 aliphatic rings. The number of rotatable bonds is 4. The average Bonchev–Trinajstić information content (AvgIpc) is 2.92. The molecule has 0 saturated heterocycles. The van der Waals surface area contributed by atoms with Gasteiger partial charge in [0.1, 0.15) is 0 Å². The van der Waals surface area contributed by atoms with E-state index in [1.54, 1.807) is 5.01 Å². The van der Waals surface area contributed by atoms with Crippen LogP contribution < -0.4 is 0 Å². The van der Waals surface area contributed by atoms with Crippen LogP contribution in [0, 0.1) is 0 Å². The first-order valence-corrected chi connectivity index (χ1v) is 7.56. The van der Waals surface area contributed by atoms with Crippen molar-refractivity contribution in [1.82, 2.24) is 5.01 Å². The lowest BCUT2D eigenvalue weighted by Crippen LogP contribution is -2.43. The quantitative estimate of drug-likeness (QED) is 0.846. The molecule has 3 rings (SSSR count). The van der Waals surface area contributed by atoms with Crippen molar-refractivity contribution in [2.45, 2.75) is 32.2 Å². The number of benzene rings is 2. The Morgan fingerprint density at radius 3 is 2.23 bits per heavy atom. The summed E-state index contributed by atoms with van der Waals surface area (Å²) < 4.78 is 0. The summed E-state index contributed by atoms with van der Waals surface area (Å²) in [6.45, 7) is 4.13. The minimum atomic E-state index is -0.338. The summed E-state index contributed by atoms with van der Waals surface area (Å²) in [5.74, 6) is 0.0692. The monoisotopic (exact) mass is 292 g/mol. The first kappa shape index (κ1) is 14.5. The highest BCUT2D eigenvalue weighted by atomic mass is 16.2. The molecule has 0 bridgehead atoms. The summed E-state index contributed by atoms with van der Waals surface area (Å²) >= 11 is 0. The van der Waals surface area contributed by atoms with Crippen LogP contribution in [0.3, 0.4) is 0 Å². The predicted molar refractivity (Wildman–Crippen MR) is 88.7 cm³/mol. The number of carbonyl (C=O) groups is 1. The molecule has 3 heteroatoms. The molecule has 2 aromatic carbocycles. The Morgan fingerprint density at radius 2 is 1.59 bits per heavy atom. The number of hydrogen-bond acceptors (Lipinski definition) is 2. The van der Waals surface area contributed by atoms with Crippen molar-refractivity contribution >= 4 is 11.6 Å². The largest absolute Gasteiger partial charge is 0.272 e. The molecule has 0 fully saturated rings. The lowest BCUT2D eigenvalue weighted by atomic mass is 9.94. The average molecular weight is 292 g/mol. The van der Waals surface area contributed by atoms with Crippen LogP contribution in [0.4, 0.5) is 0 Å². The summed E-state index contributed by atoms with van der Waals surface area (Å²) in [6, 6.07) is 20.1. The molecule has 0 radical (unpaired) electrons. The van der Waals surface area contributed by atoms with Crippen molar-refractivity contribution in [2.24, 2.45) is 5.10 Å². The Morgan fingerprint density at radius 1 is 1.00 bits per heavy atom. The summed E-state index contributed by atoms with van der Waals surface area (Å²) in [6.07, 6.45) is 1.16. The van der Waals surface area contributed by atoms with Gasteiger partial charge in [-0.3, -0.25) is 4.79 Å².